The van der Waals surface area contributed by atoms with Gasteiger partial charge in [0.2, 0.25) is 0 Å². The highest BCUT2D eigenvalue weighted by Crippen LogP contribution is 2.65. The van der Waals surface area contributed by atoms with Gasteiger partial charge in [-0.3, -0.25) is 24.0 Å². The molecule has 5 atom stereocenters. The predicted molar refractivity (Wildman–Crippen MR) is 270 cm³/mol. The normalized spacial score (nSPS) is 34.7. The molecule has 0 aromatic carbocycles. The molecule has 0 spiro atoms. The smallest absolute Gasteiger partial charge is 0.312 e. The van der Waals surface area contributed by atoms with Crippen LogP contribution in [0.5, 0.6) is 0 Å². The summed E-state index contributed by atoms with van der Waals surface area (Å²) in [6.45, 7) is 28.3. The number of ether oxygens (including phenoxy) is 5. The first kappa shape index (κ1) is 58.2. The molecule has 10 fully saturated rings. The fourth-order valence-corrected chi connectivity index (χ4v) is 13.6. The van der Waals surface area contributed by atoms with Crippen molar-refractivity contribution in [2.75, 3.05) is 6.61 Å². The van der Waals surface area contributed by atoms with Gasteiger partial charge in [0, 0.05) is 24.7 Å². The first-order valence-corrected chi connectivity index (χ1v) is 27.9. The second-order valence-corrected chi connectivity index (χ2v) is 26.6. The third kappa shape index (κ3) is 13.7. The summed E-state index contributed by atoms with van der Waals surface area (Å²) < 4.78 is 27.6. The number of rotatable bonds is 14. The van der Waals surface area contributed by atoms with Crippen molar-refractivity contribution in [3.05, 3.63) is 0 Å². The Morgan fingerprint density at radius 3 is 1.53 bits per heavy atom. The van der Waals surface area contributed by atoms with Crippen LogP contribution in [0.15, 0.2) is 0 Å². The van der Waals surface area contributed by atoms with Gasteiger partial charge in [0.25, 0.3) is 0 Å². The largest absolute Gasteiger partial charge is 0.462 e. The Balaban J connectivity index is 0.000000178. The molecule has 8 bridgehead atoms. The molecule has 10 aliphatic rings. The molecular weight excluding hydrogens is 889 g/mol. The second kappa shape index (κ2) is 22.0. The van der Waals surface area contributed by atoms with Crippen LogP contribution in [0.2, 0.25) is 0 Å². The van der Waals surface area contributed by atoms with Crippen LogP contribution in [0.3, 0.4) is 0 Å². The highest BCUT2D eigenvalue weighted by atomic mass is 16.6. The van der Waals surface area contributed by atoms with Crippen LogP contribution in [0, 0.1) is 51.2 Å². The van der Waals surface area contributed by atoms with E-state index in [9.17, 15) is 34.2 Å². The quantitative estimate of drug-likeness (QED) is 0.125. The van der Waals surface area contributed by atoms with Gasteiger partial charge in [0.05, 0.1) is 39.8 Å². The van der Waals surface area contributed by atoms with E-state index in [2.05, 4.69) is 32.4 Å². The van der Waals surface area contributed by atoms with Gasteiger partial charge in [-0.25, -0.2) is 0 Å². The van der Waals surface area contributed by atoms with Crippen molar-refractivity contribution in [3.63, 3.8) is 0 Å². The zero-order valence-corrected chi connectivity index (χ0v) is 46.4. The Morgan fingerprint density at radius 1 is 0.643 bits per heavy atom. The Morgan fingerprint density at radius 2 is 1.11 bits per heavy atom. The lowest BCUT2D eigenvalue weighted by atomic mass is 9.45. The fraction of sp³-hybridized carbons (Fsp3) is 0.914. The van der Waals surface area contributed by atoms with E-state index in [-0.39, 0.29) is 88.3 Å². The van der Waals surface area contributed by atoms with Gasteiger partial charge < -0.3 is 33.9 Å². The summed E-state index contributed by atoms with van der Waals surface area (Å²) >= 11 is 0. The molecule has 1 aliphatic heterocycles. The number of aliphatic hydroxyl groups is 2. The van der Waals surface area contributed by atoms with Crippen molar-refractivity contribution in [2.45, 2.75) is 279 Å². The van der Waals surface area contributed by atoms with Crippen LogP contribution in [0.25, 0.3) is 0 Å². The number of esters is 5. The summed E-state index contributed by atoms with van der Waals surface area (Å²) in [6, 6.07) is 0. The Kier molecular flexibility index (Phi) is 18.3. The van der Waals surface area contributed by atoms with E-state index in [0.29, 0.717) is 19.3 Å². The SMILES string of the molecule is CCC(C)(C)C(=O)OC(C)(CC)C12CC3CC(CC(C3)C1)C2.CCC(C)(C)C(=O)OC1(C)CCCCC1.CCC(C)(C)C(=O)OC12CC3CC(O)(CC(O)(C3)C1)C2.CCC(C)C(=O)OC1COC(=O)C1. The molecule has 1 heterocycles. The number of hydrogen-bond acceptors (Lipinski definition) is 12. The van der Waals surface area contributed by atoms with Crippen LogP contribution in [0.4, 0.5) is 0 Å². The Labute approximate surface area is 422 Å². The molecular formula is C58H98O12. The average Bonchev–Trinajstić information content (AvgIpc) is 3.68. The van der Waals surface area contributed by atoms with E-state index >= 15 is 0 Å². The minimum absolute atomic E-state index is 0.00935. The number of hydrogen-bond donors (Lipinski definition) is 2. The van der Waals surface area contributed by atoms with Crippen molar-refractivity contribution in [1.82, 2.24) is 0 Å². The maximum absolute atomic E-state index is 12.7. The molecule has 10 rings (SSSR count). The maximum atomic E-state index is 12.7. The van der Waals surface area contributed by atoms with Gasteiger partial charge in [-0.05, 0) is 195 Å². The highest BCUT2D eigenvalue weighted by molar-refractivity contribution is 5.77. The fourth-order valence-electron chi connectivity index (χ4n) is 13.6. The zero-order chi connectivity index (χ0) is 52.4. The average molecular weight is 987 g/mol. The molecule has 12 heteroatoms. The Bertz CT molecular complexity index is 1790. The van der Waals surface area contributed by atoms with Gasteiger partial charge in [0.15, 0.2) is 0 Å². The van der Waals surface area contributed by atoms with Crippen LogP contribution in [-0.4, -0.2) is 80.8 Å². The van der Waals surface area contributed by atoms with E-state index in [1.54, 1.807) is 6.92 Å². The lowest BCUT2D eigenvalue weighted by Crippen LogP contribution is -2.67. The van der Waals surface area contributed by atoms with Crippen molar-refractivity contribution in [3.8, 4) is 0 Å². The number of carbonyl (C=O) groups is 5. The third-order valence-electron chi connectivity index (χ3n) is 19.1. The van der Waals surface area contributed by atoms with Crippen molar-refractivity contribution in [2.24, 2.45) is 51.2 Å². The summed E-state index contributed by atoms with van der Waals surface area (Å²) in [4.78, 5) is 59.0. The maximum Gasteiger partial charge on any atom is 0.312 e. The van der Waals surface area contributed by atoms with E-state index in [0.717, 1.165) is 82.0 Å². The molecule has 1 saturated heterocycles. The van der Waals surface area contributed by atoms with Crippen molar-refractivity contribution in [1.29, 1.82) is 0 Å². The summed E-state index contributed by atoms with van der Waals surface area (Å²) in [7, 11) is 0. The van der Waals surface area contributed by atoms with E-state index in [1.165, 1.54) is 57.8 Å². The first-order chi connectivity index (χ1) is 32.4. The lowest BCUT2D eigenvalue weighted by Gasteiger charge is -2.62. The molecule has 9 saturated carbocycles. The Hall–Kier alpha value is -2.73. The van der Waals surface area contributed by atoms with E-state index in [4.69, 9.17) is 18.9 Å². The minimum atomic E-state index is -0.842. The van der Waals surface area contributed by atoms with Crippen molar-refractivity contribution < 1.29 is 57.9 Å². The van der Waals surface area contributed by atoms with Gasteiger partial charge in [-0.15, -0.1) is 0 Å². The molecule has 12 nitrogen and oxygen atoms in total. The molecule has 70 heavy (non-hydrogen) atoms. The molecule has 0 aromatic heterocycles. The summed E-state index contributed by atoms with van der Waals surface area (Å²) in [5.41, 5.74) is -3.74. The van der Waals surface area contributed by atoms with Gasteiger partial charge >= 0.3 is 29.8 Å². The van der Waals surface area contributed by atoms with E-state index in [1.807, 2.05) is 62.3 Å². The van der Waals surface area contributed by atoms with Crippen LogP contribution >= 0.6 is 0 Å². The van der Waals surface area contributed by atoms with Crippen LogP contribution in [-0.2, 0) is 47.7 Å². The molecule has 402 valence electrons. The standard InChI is InChI=1S/C20H34O2.C16H26O4.C13H24O2.C9H14O4/c1-6-18(3,4)17(21)22-19(5,7-2)20-11-14-8-15(12-20)10-16(9-14)13-20;1-4-13(2,3)12(17)20-16-7-11-5-14(18,9-16)8-15(19,6-11)10-16;1-5-12(2,3)11(14)15-13(4)9-7-6-8-10-13;1-3-6(2)9(11)13-7-4-8(10)12-5-7/h14-16H,6-13H2,1-5H3;11,18-19H,4-10H2,1-3H3;5-10H2,1-4H3;6-7H,3-5H2,1-2H3. The van der Waals surface area contributed by atoms with Gasteiger partial charge in [-0.1, -0.05) is 48.0 Å². The molecule has 9 aliphatic carbocycles. The van der Waals surface area contributed by atoms with E-state index < -0.39 is 22.2 Å². The molecule has 2 N–H and O–H groups in total. The summed E-state index contributed by atoms with van der Waals surface area (Å²) in [5.74, 6) is 2.11. The zero-order valence-electron chi connectivity index (χ0n) is 46.4. The number of cyclic esters (lactones) is 1. The molecule has 0 radical (unpaired) electrons. The highest BCUT2D eigenvalue weighted by Gasteiger charge is 2.65. The second-order valence-electron chi connectivity index (χ2n) is 26.6. The van der Waals surface area contributed by atoms with Crippen LogP contribution in [0.1, 0.15) is 245 Å². The topological polar surface area (TPSA) is 172 Å². The molecule has 0 aromatic rings. The number of carbonyl (C=O) groups excluding carboxylic acids is 5. The van der Waals surface area contributed by atoms with Crippen molar-refractivity contribution >= 4 is 29.8 Å². The van der Waals surface area contributed by atoms with Gasteiger partial charge in [0.1, 0.15) is 29.5 Å². The molecule has 5 unspecified atom stereocenters. The summed E-state index contributed by atoms with van der Waals surface area (Å²) in [5, 5.41) is 21.3. The lowest BCUT2D eigenvalue weighted by molar-refractivity contribution is -0.264. The first-order valence-electron chi connectivity index (χ1n) is 27.9. The van der Waals surface area contributed by atoms with Crippen LogP contribution < -0.4 is 0 Å². The van der Waals surface area contributed by atoms with Gasteiger partial charge in [-0.2, -0.15) is 0 Å². The third-order valence-corrected chi connectivity index (χ3v) is 19.1. The minimum Gasteiger partial charge on any atom is -0.462 e. The monoisotopic (exact) mass is 987 g/mol. The predicted octanol–water partition coefficient (Wildman–Crippen LogP) is 12.1. The summed E-state index contributed by atoms with van der Waals surface area (Å²) in [6.07, 6.45) is 21.5. The molecule has 0 amide bonds.